The van der Waals surface area contributed by atoms with Crippen molar-refractivity contribution < 1.29 is 9.18 Å². The minimum Gasteiger partial charge on any atom is -0.335 e. The summed E-state index contributed by atoms with van der Waals surface area (Å²) in [5.41, 5.74) is 0.189. The molecule has 0 spiro atoms. The van der Waals surface area contributed by atoms with Gasteiger partial charge in [0.05, 0.1) is 5.56 Å². The molecule has 21 heavy (non-hydrogen) atoms. The number of piperidine rings is 1. The lowest BCUT2D eigenvalue weighted by Gasteiger charge is -2.30. The molecule has 1 aromatic rings. The zero-order valence-electron chi connectivity index (χ0n) is 11.9. The van der Waals surface area contributed by atoms with E-state index in [9.17, 15) is 9.18 Å². The van der Waals surface area contributed by atoms with Crippen LogP contribution in [0.3, 0.4) is 0 Å². The van der Waals surface area contributed by atoms with Crippen LogP contribution in [0.1, 0.15) is 36.0 Å². The van der Waals surface area contributed by atoms with E-state index in [-0.39, 0.29) is 11.5 Å². The lowest BCUT2D eigenvalue weighted by atomic mass is 9.98. The van der Waals surface area contributed by atoms with Gasteiger partial charge in [0, 0.05) is 17.1 Å². The Morgan fingerprint density at radius 3 is 2.81 bits per heavy atom. The molecule has 1 unspecified atom stereocenters. The highest BCUT2D eigenvalue weighted by molar-refractivity contribution is 9.10. The third-order valence-corrected chi connectivity index (χ3v) is 4.76. The first-order chi connectivity index (χ1) is 10.1. The number of nitrogens with zero attached hydrogens (tertiary/aromatic N) is 1. The second-order valence-corrected chi connectivity index (χ2v) is 6.94. The van der Waals surface area contributed by atoms with Crippen LogP contribution in [0, 0.1) is 11.7 Å². The summed E-state index contributed by atoms with van der Waals surface area (Å²) < 4.78 is 14.7. The van der Waals surface area contributed by atoms with Crippen molar-refractivity contribution in [2.45, 2.75) is 31.7 Å². The molecule has 1 amide bonds. The van der Waals surface area contributed by atoms with Crippen LogP contribution in [0.4, 0.5) is 4.39 Å². The molecule has 1 saturated carbocycles. The van der Waals surface area contributed by atoms with Gasteiger partial charge >= 0.3 is 0 Å². The molecule has 0 aromatic heterocycles. The van der Waals surface area contributed by atoms with Crippen molar-refractivity contribution in [3.63, 3.8) is 0 Å². The van der Waals surface area contributed by atoms with Gasteiger partial charge in [-0.25, -0.2) is 4.39 Å². The predicted molar refractivity (Wildman–Crippen MR) is 83.8 cm³/mol. The average molecular weight is 355 g/mol. The molecular weight excluding hydrogens is 335 g/mol. The Kier molecular flexibility index (Phi) is 4.60. The molecule has 1 N–H and O–H groups in total. The monoisotopic (exact) mass is 354 g/mol. The number of carbonyl (C=O) groups is 1. The standard InChI is InChI=1S/C16H20BrFN2O/c17-12-3-6-14(15(18)8-12)16(21)20(13-4-5-13)10-11-2-1-7-19-9-11/h3,6,8,11,13,19H,1-2,4-5,7,9-10H2. The van der Waals surface area contributed by atoms with Gasteiger partial charge in [-0.3, -0.25) is 4.79 Å². The predicted octanol–water partition coefficient (Wildman–Crippen LogP) is 3.19. The fraction of sp³-hybridized carbons (Fsp3) is 0.562. The van der Waals surface area contributed by atoms with Crippen LogP contribution in [0.25, 0.3) is 0 Å². The number of amides is 1. The maximum absolute atomic E-state index is 14.0. The highest BCUT2D eigenvalue weighted by Crippen LogP contribution is 2.30. The summed E-state index contributed by atoms with van der Waals surface area (Å²) in [6.07, 6.45) is 4.39. The number of nitrogens with one attached hydrogen (secondary N) is 1. The molecule has 1 atom stereocenters. The Bertz CT molecular complexity index is 527. The third kappa shape index (κ3) is 3.64. The van der Waals surface area contributed by atoms with Crippen molar-refractivity contribution in [2.24, 2.45) is 5.92 Å². The van der Waals surface area contributed by atoms with Crippen molar-refractivity contribution >= 4 is 21.8 Å². The maximum atomic E-state index is 14.0. The largest absolute Gasteiger partial charge is 0.335 e. The summed E-state index contributed by atoms with van der Waals surface area (Å²) >= 11 is 3.23. The fourth-order valence-corrected chi connectivity index (χ4v) is 3.29. The number of halogens is 2. The lowest BCUT2D eigenvalue weighted by molar-refractivity contribution is 0.0699. The molecule has 3 nitrogen and oxygen atoms in total. The fourth-order valence-electron chi connectivity index (χ4n) is 2.96. The molecule has 1 heterocycles. The van der Waals surface area contributed by atoms with Crippen LogP contribution < -0.4 is 5.32 Å². The second-order valence-electron chi connectivity index (χ2n) is 6.03. The molecule has 1 aliphatic carbocycles. The quantitative estimate of drug-likeness (QED) is 0.900. The van der Waals surface area contributed by atoms with Crippen LogP contribution in [-0.4, -0.2) is 36.5 Å². The second kappa shape index (κ2) is 6.44. The minimum atomic E-state index is -0.443. The zero-order chi connectivity index (χ0) is 14.8. The van der Waals surface area contributed by atoms with Crippen LogP contribution >= 0.6 is 15.9 Å². The van der Waals surface area contributed by atoms with Crippen LogP contribution in [0.5, 0.6) is 0 Å². The molecule has 1 saturated heterocycles. The average Bonchev–Trinajstić information content (AvgIpc) is 3.30. The van der Waals surface area contributed by atoms with E-state index in [2.05, 4.69) is 21.2 Å². The van der Waals surface area contributed by atoms with E-state index >= 15 is 0 Å². The summed E-state index contributed by atoms with van der Waals surface area (Å²) in [6.45, 7) is 2.76. The minimum absolute atomic E-state index is 0.159. The van der Waals surface area contributed by atoms with Crippen LogP contribution in [0.2, 0.25) is 0 Å². The van der Waals surface area contributed by atoms with E-state index in [0.717, 1.165) is 45.3 Å². The summed E-state index contributed by atoms with van der Waals surface area (Å²) in [5.74, 6) is -0.114. The van der Waals surface area contributed by atoms with Crippen molar-refractivity contribution in [3.8, 4) is 0 Å². The molecule has 114 valence electrons. The van der Waals surface area contributed by atoms with Gasteiger partial charge in [-0.2, -0.15) is 0 Å². The Hall–Kier alpha value is -0.940. The number of hydrogen-bond donors (Lipinski definition) is 1. The Balaban J connectivity index is 1.75. The zero-order valence-corrected chi connectivity index (χ0v) is 13.5. The van der Waals surface area contributed by atoms with Gasteiger partial charge in [0.2, 0.25) is 0 Å². The summed E-state index contributed by atoms with van der Waals surface area (Å²) in [6, 6.07) is 4.97. The first-order valence-electron chi connectivity index (χ1n) is 7.62. The van der Waals surface area contributed by atoms with Gasteiger partial charge in [0.15, 0.2) is 0 Å². The molecule has 5 heteroatoms. The molecule has 2 aliphatic rings. The van der Waals surface area contributed by atoms with E-state index in [1.807, 2.05) is 4.90 Å². The maximum Gasteiger partial charge on any atom is 0.257 e. The topological polar surface area (TPSA) is 32.3 Å². The van der Waals surface area contributed by atoms with Crippen LogP contribution in [0.15, 0.2) is 22.7 Å². The van der Waals surface area contributed by atoms with E-state index in [1.165, 1.54) is 6.07 Å². The van der Waals surface area contributed by atoms with Crippen molar-refractivity contribution in [1.29, 1.82) is 0 Å². The Morgan fingerprint density at radius 1 is 1.38 bits per heavy atom. The molecular formula is C16H20BrFN2O. The summed E-state index contributed by atoms with van der Waals surface area (Å²) in [5, 5.41) is 3.38. The normalized spacial score (nSPS) is 22.1. The summed E-state index contributed by atoms with van der Waals surface area (Å²) in [4.78, 5) is 14.6. The van der Waals surface area contributed by atoms with Gasteiger partial charge in [-0.05, 0) is 62.9 Å². The molecule has 1 aromatic carbocycles. The van der Waals surface area contributed by atoms with Crippen molar-refractivity contribution in [3.05, 3.63) is 34.1 Å². The molecule has 1 aliphatic heterocycles. The van der Waals surface area contributed by atoms with E-state index < -0.39 is 5.82 Å². The summed E-state index contributed by atoms with van der Waals surface area (Å²) in [7, 11) is 0. The SMILES string of the molecule is O=C(c1ccc(Br)cc1F)N(CC1CCCNC1)C1CC1. The van der Waals surface area contributed by atoms with Crippen molar-refractivity contribution in [2.75, 3.05) is 19.6 Å². The van der Waals surface area contributed by atoms with Gasteiger partial charge in [-0.1, -0.05) is 15.9 Å². The lowest BCUT2D eigenvalue weighted by Crippen LogP contribution is -2.42. The molecule has 3 rings (SSSR count). The Morgan fingerprint density at radius 2 is 2.19 bits per heavy atom. The number of rotatable bonds is 4. The smallest absolute Gasteiger partial charge is 0.257 e. The Labute approximate surface area is 133 Å². The van der Waals surface area contributed by atoms with E-state index in [4.69, 9.17) is 0 Å². The number of benzene rings is 1. The highest BCUT2D eigenvalue weighted by Gasteiger charge is 2.35. The van der Waals surface area contributed by atoms with Crippen molar-refractivity contribution in [1.82, 2.24) is 10.2 Å². The number of carbonyl (C=O) groups excluding carboxylic acids is 1. The molecule has 0 radical (unpaired) electrons. The van der Waals surface area contributed by atoms with Gasteiger partial charge in [0.25, 0.3) is 5.91 Å². The van der Waals surface area contributed by atoms with E-state index in [1.54, 1.807) is 12.1 Å². The van der Waals surface area contributed by atoms with E-state index in [0.29, 0.717) is 16.4 Å². The number of hydrogen-bond acceptors (Lipinski definition) is 2. The van der Waals surface area contributed by atoms with Crippen LogP contribution in [-0.2, 0) is 0 Å². The first kappa shape index (κ1) is 15.0. The third-order valence-electron chi connectivity index (χ3n) is 4.26. The first-order valence-corrected chi connectivity index (χ1v) is 8.41. The molecule has 2 fully saturated rings. The van der Waals surface area contributed by atoms with Gasteiger partial charge < -0.3 is 10.2 Å². The van der Waals surface area contributed by atoms with Gasteiger partial charge in [0.1, 0.15) is 5.82 Å². The highest BCUT2D eigenvalue weighted by atomic mass is 79.9. The van der Waals surface area contributed by atoms with Gasteiger partial charge in [-0.15, -0.1) is 0 Å². The molecule has 0 bridgehead atoms.